The Labute approximate surface area is 240 Å². The van der Waals surface area contributed by atoms with E-state index in [0.717, 1.165) is 61.4 Å². The molecule has 0 saturated carbocycles. The number of carbonyl (C=O) groups is 1. The van der Waals surface area contributed by atoms with Crippen LogP contribution in [0.4, 0.5) is 4.39 Å². The molecule has 3 aliphatic rings. The van der Waals surface area contributed by atoms with Gasteiger partial charge in [0.05, 0.1) is 30.1 Å². The van der Waals surface area contributed by atoms with Crippen molar-refractivity contribution in [2.75, 3.05) is 26.9 Å². The molecule has 0 radical (unpaired) electrons. The second-order valence-corrected chi connectivity index (χ2v) is 10.8. The van der Waals surface area contributed by atoms with Crippen molar-refractivity contribution in [1.82, 2.24) is 19.3 Å². The molecule has 4 heterocycles. The normalized spacial score (nSPS) is 19.6. The van der Waals surface area contributed by atoms with Gasteiger partial charge in [0.2, 0.25) is 0 Å². The monoisotopic (exact) mass is 562 g/mol. The van der Waals surface area contributed by atoms with Crippen LogP contribution in [0.1, 0.15) is 56.4 Å². The number of halogens is 2. The molecule has 1 atom stereocenters. The van der Waals surface area contributed by atoms with E-state index in [-0.39, 0.29) is 24.5 Å². The number of aromatic nitrogens is 3. The lowest BCUT2D eigenvalue weighted by Crippen LogP contribution is -2.46. The summed E-state index contributed by atoms with van der Waals surface area (Å²) < 4.78 is 19.9. The number of carbonyl (C=O) groups excluding carboxylic acids is 1. The van der Waals surface area contributed by atoms with Gasteiger partial charge in [0.1, 0.15) is 5.65 Å². The summed E-state index contributed by atoms with van der Waals surface area (Å²) in [6.07, 6.45) is 15.1. The minimum atomic E-state index is -0.297. The molecule has 0 bridgehead atoms. The summed E-state index contributed by atoms with van der Waals surface area (Å²) in [6, 6.07) is 6.29. The maximum atomic E-state index is 12.9. The van der Waals surface area contributed by atoms with Crippen LogP contribution in [-0.2, 0) is 16.1 Å². The number of nitrogens with zero attached hydrogens (tertiary/aromatic N) is 4. The van der Waals surface area contributed by atoms with E-state index in [1.54, 1.807) is 12.4 Å². The molecule has 3 aromatic heterocycles. The van der Waals surface area contributed by atoms with Crippen LogP contribution in [0.5, 0.6) is 0 Å². The van der Waals surface area contributed by atoms with E-state index in [4.69, 9.17) is 21.3 Å². The van der Waals surface area contributed by atoms with Crippen molar-refractivity contribution in [3.05, 3.63) is 88.1 Å². The van der Waals surface area contributed by atoms with Crippen molar-refractivity contribution in [1.29, 1.82) is 0 Å². The second-order valence-electron chi connectivity index (χ2n) is 10.4. The number of likely N-dealkylation sites (tertiary alicyclic amines) is 1. The number of fused-ring (bicyclic) bond motifs is 2. The zero-order valence-electron chi connectivity index (χ0n) is 23.4. The van der Waals surface area contributed by atoms with E-state index in [0.29, 0.717) is 17.0 Å². The quantitative estimate of drug-likeness (QED) is 0.304. The van der Waals surface area contributed by atoms with Crippen LogP contribution in [0.15, 0.2) is 66.3 Å². The smallest absolute Gasteiger partial charge is 0.337 e. The predicted molar refractivity (Wildman–Crippen MR) is 157 cm³/mol. The molecule has 0 aromatic carbocycles. The van der Waals surface area contributed by atoms with Crippen LogP contribution in [-0.4, -0.2) is 52.1 Å². The van der Waals surface area contributed by atoms with Crippen molar-refractivity contribution >= 4 is 34.4 Å². The fourth-order valence-electron chi connectivity index (χ4n) is 6.07. The topological polar surface area (TPSA) is 59.7 Å². The number of pyridine rings is 2. The lowest BCUT2D eigenvalue weighted by Gasteiger charge is -2.37. The van der Waals surface area contributed by atoms with Gasteiger partial charge in [0.25, 0.3) is 0 Å². The van der Waals surface area contributed by atoms with Gasteiger partial charge in [-0.2, -0.15) is 0 Å². The molecule has 1 fully saturated rings. The van der Waals surface area contributed by atoms with Crippen molar-refractivity contribution in [3.63, 3.8) is 0 Å². The number of imidazole rings is 1. The third-order valence-electron chi connectivity index (χ3n) is 7.90. The van der Waals surface area contributed by atoms with Gasteiger partial charge in [-0.15, -0.1) is 0 Å². The Bertz CT molecular complexity index is 1490. The summed E-state index contributed by atoms with van der Waals surface area (Å²) in [7, 11) is 1.42. The number of hydrogen-bond acceptors (Lipinski definition) is 5. The van der Waals surface area contributed by atoms with Gasteiger partial charge in [-0.05, 0) is 72.2 Å². The highest BCUT2D eigenvalue weighted by Crippen LogP contribution is 2.47. The largest absolute Gasteiger partial charge is 0.465 e. The van der Waals surface area contributed by atoms with E-state index >= 15 is 0 Å². The van der Waals surface area contributed by atoms with Crippen molar-refractivity contribution in [2.24, 2.45) is 11.8 Å². The summed E-state index contributed by atoms with van der Waals surface area (Å²) in [5.74, 6) is -0.0130. The van der Waals surface area contributed by atoms with Crippen LogP contribution in [0.25, 0.3) is 16.8 Å². The average molecular weight is 563 g/mol. The van der Waals surface area contributed by atoms with E-state index < -0.39 is 0 Å². The number of hydrogen-bond donors (Lipinski definition) is 0. The molecule has 8 heteroatoms. The van der Waals surface area contributed by atoms with Crippen LogP contribution < -0.4 is 0 Å². The third-order valence-corrected chi connectivity index (χ3v) is 8.21. The zero-order chi connectivity index (χ0) is 28.2. The highest BCUT2D eigenvalue weighted by Gasteiger charge is 2.31. The maximum Gasteiger partial charge on any atom is 0.337 e. The first-order valence-electron chi connectivity index (χ1n) is 14.1. The Balaban J connectivity index is 0.00000158. The van der Waals surface area contributed by atoms with Crippen molar-refractivity contribution in [2.45, 2.75) is 46.1 Å². The van der Waals surface area contributed by atoms with Gasteiger partial charge in [0.15, 0.2) is 0 Å². The van der Waals surface area contributed by atoms with Crippen molar-refractivity contribution < 1.29 is 13.9 Å². The first-order valence-corrected chi connectivity index (χ1v) is 14.5. The second kappa shape index (κ2) is 12.5. The van der Waals surface area contributed by atoms with Crippen LogP contribution in [0.2, 0.25) is 5.02 Å². The van der Waals surface area contributed by atoms with E-state index in [1.165, 1.54) is 23.8 Å². The molecule has 1 saturated heterocycles. The highest BCUT2D eigenvalue weighted by atomic mass is 35.5. The first kappa shape index (κ1) is 28.2. The van der Waals surface area contributed by atoms with Gasteiger partial charge in [-0.3, -0.25) is 14.3 Å². The molecule has 1 aliphatic heterocycles. The molecule has 0 N–H and O–H groups in total. The number of allylic oxidation sites excluding steroid dienone is 4. The summed E-state index contributed by atoms with van der Waals surface area (Å²) >= 11 is 6.68. The molecular formula is C32H36ClFN4O2. The molecule has 6 rings (SSSR count). The van der Waals surface area contributed by atoms with Gasteiger partial charge in [-0.25, -0.2) is 9.78 Å². The molecule has 0 amide bonds. The zero-order valence-corrected chi connectivity index (χ0v) is 24.1. The van der Waals surface area contributed by atoms with E-state index in [2.05, 4.69) is 38.8 Å². The van der Waals surface area contributed by atoms with Crippen LogP contribution in [0.3, 0.4) is 0 Å². The summed E-state index contributed by atoms with van der Waals surface area (Å²) in [5.41, 5.74) is 8.28. The Morgan fingerprint density at radius 2 is 2.05 bits per heavy atom. The highest BCUT2D eigenvalue weighted by molar-refractivity contribution is 6.32. The number of methoxy groups -OCH3 is 1. The minimum absolute atomic E-state index is 0.126. The molecule has 6 nitrogen and oxygen atoms in total. The standard InChI is InChI=1S/C30H30ClFN4O2.C2H6/c1-38-30(37)22-5-6-24-20(11-22)3-2-4-26(25-7-9-33-14-27(25)31)29(24)21-8-10-36-18-23(34-28(36)12-21)17-35-15-19(13-32)16-35;1-2/h5,7-12,14,18-19,24H,2-4,6,13,15-17H2,1H3;1-2H3. The van der Waals surface area contributed by atoms with Gasteiger partial charge in [0, 0.05) is 56.3 Å². The first-order chi connectivity index (χ1) is 19.5. The number of alkyl halides is 1. The number of esters is 1. The SMILES string of the molecule is CC.COC(=O)C1=CCC2C(=C1)CCCC(c1ccncc1Cl)=C2c1ccn2cc(CN3CC(CF)C3)nc2c1. The Kier molecular flexibility index (Phi) is 8.81. The molecule has 3 aromatic rings. The summed E-state index contributed by atoms with van der Waals surface area (Å²) in [6.45, 7) is 6.05. The lowest BCUT2D eigenvalue weighted by atomic mass is 9.78. The Hall–Kier alpha value is -3.29. The van der Waals surface area contributed by atoms with Crippen molar-refractivity contribution in [3.8, 4) is 0 Å². The fraction of sp³-hybridized carbons (Fsp3) is 0.406. The van der Waals surface area contributed by atoms with Gasteiger partial charge < -0.3 is 9.14 Å². The summed E-state index contributed by atoms with van der Waals surface area (Å²) in [5, 5.41) is 0.638. The molecule has 1 unspecified atom stereocenters. The molecule has 2 aliphatic carbocycles. The molecule has 0 spiro atoms. The molecule has 210 valence electrons. The lowest BCUT2D eigenvalue weighted by molar-refractivity contribution is -0.135. The summed E-state index contributed by atoms with van der Waals surface area (Å²) in [4.78, 5) is 23.6. The molecule has 40 heavy (non-hydrogen) atoms. The van der Waals surface area contributed by atoms with E-state index in [1.807, 2.05) is 32.1 Å². The van der Waals surface area contributed by atoms with Crippen LogP contribution >= 0.6 is 11.6 Å². The van der Waals surface area contributed by atoms with Gasteiger partial charge in [-0.1, -0.05) is 37.1 Å². The van der Waals surface area contributed by atoms with Crippen LogP contribution in [0, 0.1) is 11.8 Å². The Morgan fingerprint density at radius 1 is 1.23 bits per heavy atom. The number of ether oxygens (including phenoxy) is 1. The van der Waals surface area contributed by atoms with E-state index in [9.17, 15) is 9.18 Å². The molecular weight excluding hydrogens is 527 g/mol. The predicted octanol–water partition coefficient (Wildman–Crippen LogP) is 6.95. The average Bonchev–Trinajstić information content (AvgIpc) is 3.27. The van der Waals surface area contributed by atoms with Gasteiger partial charge >= 0.3 is 5.97 Å². The number of rotatable bonds is 6. The third kappa shape index (κ3) is 5.63. The fourth-order valence-corrected chi connectivity index (χ4v) is 6.30. The maximum absolute atomic E-state index is 12.9. The Morgan fingerprint density at radius 3 is 2.80 bits per heavy atom. The minimum Gasteiger partial charge on any atom is -0.465 e.